The van der Waals surface area contributed by atoms with Crippen LogP contribution >= 0.6 is 11.6 Å². The fourth-order valence-electron chi connectivity index (χ4n) is 2.46. The number of hydrogen-bond acceptors (Lipinski definition) is 4. The summed E-state index contributed by atoms with van der Waals surface area (Å²) in [7, 11) is -3.60. The van der Waals surface area contributed by atoms with Gasteiger partial charge in [0.05, 0.1) is 12.4 Å². The minimum atomic E-state index is -3.60. The molecular weight excluding hydrogens is 310 g/mol. The molecule has 21 heavy (non-hydrogen) atoms. The van der Waals surface area contributed by atoms with Crippen molar-refractivity contribution in [1.29, 1.82) is 0 Å². The predicted molar refractivity (Wildman–Crippen MR) is 79.4 cm³/mol. The topological polar surface area (TPSA) is 63.2 Å². The highest BCUT2D eigenvalue weighted by molar-refractivity contribution is 7.89. The van der Waals surface area contributed by atoms with Crippen LogP contribution in [0.4, 0.5) is 0 Å². The van der Waals surface area contributed by atoms with Gasteiger partial charge < -0.3 is 0 Å². The molecule has 0 saturated carbocycles. The van der Waals surface area contributed by atoms with Gasteiger partial charge in [-0.1, -0.05) is 24.3 Å². The van der Waals surface area contributed by atoms with Gasteiger partial charge in [-0.3, -0.25) is 0 Å². The van der Waals surface area contributed by atoms with Crippen molar-refractivity contribution in [1.82, 2.24) is 14.3 Å². The molecule has 1 aromatic heterocycles. The highest BCUT2D eigenvalue weighted by Gasteiger charge is 2.27. The molecule has 110 valence electrons. The summed E-state index contributed by atoms with van der Waals surface area (Å²) in [4.78, 5) is 7.59. The number of benzene rings is 1. The van der Waals surface area contributed by atoms with Gasteiger partial charge in [-0.2, -0.15) is 4.31 Å². The Morgan fingerprint density at radius 1 is 1.10 bits per heavy atom. The molecule has 0 spiro atoms. The number of nitrogens with zero attached hydrogens (tertiary/aromatic N) is 3. The molecule has 2 heterocycles. The van der Waals surface area contributed by atoms with Crippen LogP contribution in [0.3, 0.4) is 0 Å². The van der Waals surface area contributed by atoms with Crippen molar-refractivity contribution in [2.24, 2.45) is 0 Å². The van der Waals surface area contributed by atoms with Gasteiger partial charge in [0.15, 0.2) is 0 Å². The fourth-order valence-corrected chi connectivity index (χ4v) is 3.90. The first-order valence-corrected chi connectivity index (χ1v) is 8.43. The van der Waals surface area contributed by atoms with Crippen molar-refractivity contribution >= 4 is 21.6 Å². The molecule has 1 aromatic carbocycles. The maximum atomic E-state index is 12.7. The van der Waals surface area contributed by atoms with Crippen LogP contribution in [0.5, 0.6) is 0 Å². The van der Waals surface area contributed by atoms with E-state index in [1.807, 2.05) is 18.2 Å². The molecule has 1 aliphatic rings. The number of halogens is 1. The number of aryl methyl sites for hydroxylation is 1. The highest BCUT2D eigenvalue weighted by Crippen LogP contribution is 2.23. The van der Waals surface area contributed by atoms with Crippen molar-refractivity contribution in [3.05, 3.63) is 53.1 Å². The van der Waals surface area contributed by atoms with Crippen molar-refractivity contribution in [2.75, 3.05) is 6.54 Å². The third-order valence-corrected chi connectivity index (χ3v) is 5.55. The first kappa shape index (κ1) is 14.4. The summed E-state index contributed by atoms with van der Waals surface area (Å²) in [6.07, 6.45) is 4.19. The van der Waals surface area contributed by atoms with Crippen LogP contribution in [-0.4, -0.2) is 29.2 Å². The van der Waals surface area contributed by atoms with Gasteiger partial charge >= 0.3 is 0 Å². The van der Waals surface area contributed by atoms with E-state index in [1.54, 1.807) is 0 Å². The first-order chi connectivity index (χ1) is 10.1. The Hall–Kier alpha value is -1.50. The van der Waals surface area contributed by atoms with E-state index in [4.69, 9.17) is 11.6 Å². The lowest BCUT2D eigenvalue weighted by molar-refractivity contribution is 0.409. The summed E-state index contributed by atoms with van der Waals surface area (Å²) in [6, 6.07) is 7.94. The lowest BCUT2D eigenvalue weighted by Gasteiger charge is -2.20. The lowest BCUT2D eigenvalue weighted by atomic mass is 10.0. The summed E-state index contributed by atoms with van der Waals surface area (Å²) < 4.78 is 26.8. The van der Waals surface area contributed by atoms with E-state index >= 15 is 0 Å². The van der Waals surface area contributed by atoms with Crippen molar-refractivity contribution in [3.8, 4) is 0 Å². The van der Waals surface area contributed by atoms with E-state index in [0.717, 1.165) is 18.4 Å². The Kier molecular flexibility index (Phi) is 3.93. The minimum absolute atomic E-state index is 0.0372. The van der Waals surface area contributed by atoms with Crippen LogP contribution in [0.1, 0.15) is 17.5 Å². The summed E-state index contributed by atoms with van der Waals surface area (Å²) in [5.41, 5.74) is 2.26. The van der Waals surface area contributed by atoms with E-state index in [0.29, 0.717) is 13.1 Å². The van der Waals surface area contributed by atoms with Gasteiger partial charge in [0.25, 0.3) is 0 Å². The summed E-state index contributed by atoms with van der Waals surface area (Å²) in [6.45, 7) is 0.862. The molecule has 0 aliphatic carbocycles. The van der Waals surface area contributed by atoms with Gasteiger partial charge in [0.1, 0.15) is 4.90 Å². The van der Waals surface area contributed by atoms with E-state index < -0.39 is 10.0 Å². The summed E-state index contributed by atoms with van der Waals surface area (Å²) >= 11 is 5.61. The second kappa shape index (κ2) is 5.71. The number of rotatable bonds is 2. The van der Waals surface area contributed by atoms with Crippen LogP contribution in [0.15, 0.2) is 41.6 Å². The standard InChI is InChI=1S/C14H14ClN3O2S/c15-14-16-8-13(9-17-14)21(19,20)18-7-3-6-11-4-1-2-5-12(11)10-18/h1-2,4-5,8-9H,3,6-7,10H2. The molecule has 0 bridgehead atoms. The fraction of sp³-hybridized carbons (Fsp3) is 0.286. The molecular formula is C14H14ClN3O2S. The Labute approximate surface area is 128 Å². The van der Waals surface area contributed by atoms with Gasteiger partial charge in [-0.25, -0.2) is 18.4 Å². The number of fused-ring (bicyclic) bond motifs is 1. The monoisotopic (exact) mass is 323 g/mol. The molecule has 5 nitrogen and oxygen atoms in total. The zero-order chi connectivity index (χ0) is 14.9. The zero-order valence-corrected chi connectivity index (χ0v) is 12.8. The van der Waals surface area contributed by atoms with Crippen LogP contribution in [-0.2, 0) is 23.0 Å². The lowest BCUT2D eigenvalue weighted by Crippen LogP contribution is -2.31. The molecule has 1 aliphatic heterocycles. The SMILES string of the molecule is O=S(=O)(c1cnc(Cl)nc1)N1CCCc2ccccc2C1. The van der Waals surface area contributed by atoms with E-state index in [2.05, 4.69) is 16.0 Å². The molecule has 2 aromatic rings. The molecule has 0 saturated heterocycles. The first-order valence-electron chi connectivity index (χ1n) is 6.62. The molecule has 0 radical (unpaired) electrons. The third-order valence-electron chi connectivity index (χ3n) is 3.55. The smallest absolute Gasteiger partial charge is 0.225 e. The quantitative estimate of drug-likeness (QED) is 0.795. The Bertz CT molecular complexity index is 747. The molecule has 7 heteroatoms. The van der Waals surface area contributed by atoms with Crippen LogP contribution in [0.2, 0.25) is 5.28 Å². The molecule has 0 unspecified atom stereocenters. The normalized spacial score (nSPS) is 16.2. The van der Waals surface area contributed by atoms with Crippen LogP contribution in [0, 0.1) is 0 Å². The largest absolute Gasteiger partial charge is 0.246 e. The number of aromatic nitrogens is 2. The Morgan fingerprint density at radius 2 is 1.76 bits per heavy atom. The van der Waals surface area contributed by atoms with Gasteiger partial charge in [0.2, 0.25) is 15.3 Å². The van der Waals surface area contributed by atoms with E-state index in [-0.39, 0.29) is 10.2 Å². The maximum Gasteiger partial charge on any atom is 0.246 e. The Balaban J connectivity index is 1.94. The maximum absolute atomic E-state index is 12.7. The number of hydrogen-bond donors (Lipinski definition) is 0. The minimum Gasteiger partial charge on any atom is -0.225 e. The van der Waals surface area contributed by atoms with Crippen LogP contribution < -0.4 is 0 Å². The van der Waals surface area contributed by atoms with Gasteiger partial charge in [-0.15, -0.1) is 0 Å². The number of sulfonamides is 1. The molecule has 0 fully saturated rings. The summed E-state index contributed by atoms with van der Waals surface area (Å²) in [5, 5.41) is 0.0372. The molecule has 0 atom stereocenters. The second-order valence-electron chi connectivity index (χ2n) is 4.90. The van der Waals surface area contributed by atoms with Gasteiger partial charge in [-0.05, 0) is 35.6 Å². The Morgan fingerprint density at radius 3 is 2.48 bits per heavy atom. The van der Waals surface area contributed by atoms with Crippen molar-refractivity contribution in [3.63, 3.8) is 0 Å². The molecule has 0 N–H and O–H groups in total. The molecule has 0 amide bonds. The van der Waals surface area contributed by atoms with Gasteiger partial charge in [0, 0.05) is 13.1 Å². The van der Waals surface area contributed by atoms with E-state index in [1.165, 1.54) is 22.3 Å². The average Bonchev–Trinajstić information content (AvgIpc) is 2.70. The summed E-state index contributed by atoms with van der Waals surface area (Å²) in [5.74, 6) is 0. The van der Waals surface area contributed by atoms with Crippen molar-refractivity contribution in [2.45, 2.75) is 24.3 Å². The highest BCUT2D eigenvalue weighted by atomic mass is 35.5. The van der Waals surface area contributed by atoms with E-state index in [9.17, 15) is 8.42 Å². The van der Waals surface area contributed by atoms with Crippen LogP contribution in [0.25, 0.3) is 0 Å². The van der Waals surface area contributed by atoms with Crippen molar-refractivity contribution < 1.29 is 8.42 Å². The third kappa shape index (κ3) is 2.92. The average molecular weight is 324 g/mol. The molecule has 3 rings (SSSR count). The predicted octanol–water partition coefficient (Wildman–Crippen LogP) is 2.27. The second-order valence-corrected chi connectivity index (χ2v) is 7.17. The zero-order valence-electron chi connectivity index (χ0n) is 11.2.